The molecule has 1 saturated carbocycles. The second-order valence-corrected chi connectivity index (χ2v) is 6.55. The number of carbonyl (C=O) groups excluding carboxylic acids is 1. The van der Waals surface area contributed by atoms with Crippen LogP contribution < -0.4 is 10.9 Å². The van der Waals surface area contributed by atoms with Crippen LogP contribution in [0.1, 0.15) is 26.2 Å². The molecule has 2 aromatic heterocycles. The van der Waals surface area contributed by atoms with E-state index >= 15 is 0 Å². The van der Waals surface area contributed by atoms with Crippen LogP contribution in [0.4, 0.5) is 0 Å². The van der Waals surface area contributed by atoms with Crippen molar-refractivity contribution >= 4 is 17.2 Å². The predicted octanol–water partition coefficient (Wildman–Crippen LogP) is 2.28. The van der Waals surface area contributed by atoms with E-state index in [4.69, 9.17) is 0 Å². The summed E-state index contributed by atoms with van der Waals surface area (Å²) in [5, 5.41) is 9.44. The molecule has 1 amide bonds. The molecular formula is C16H19N3O2S. The maximum absolute atomic E-state index is 12.0. The van der Waals surface area contributed by atoms with Gasteiger partial charge in [-0.25, -0.2) is 4.68 Å². The molecule has 1 aliphatic carbocycles. The lowest BCUT2D eigenvalue weighted by Crippen LogP contribution is -2.41. The molecule has 0 aromatic carbocycles. The van der Waals surface area contributed by atoms with Crippen LogP contribution in [0.15, 0.2) is 34.4 Å². The summed E-state index contributed by atoms with van der Waals surface area (Å²) < 4.78 is 1.45. The number of carbonyl (C=O) groups is 1. The van der Waals surface area contributed by atoms with E-state index in [1.807, 2.05) is 24.4 Å². The smallest absolute Gasteiger partial charge is 0.266 e. The van der Waals surface area contributed by atoms with Crippen molar-refractivity contribution in [2.75, 3.05) is 0 Å². The second kappa shape index (κ2) is 6.44. The Labute approximate surface area is 133 Å². The zero-order valence-corrected chi connectivity index (χ0v) is 13.3. The Bertz CT molecular complexity index is 704. The number of thiophene rings is 1. The van der Waals surface area contributed by atoms with Crippen LogP contribution in [0.25, 0.3) is 10.6 Å². The molecule has 1 N–H and O–H groups in total. The van der Waals surface area contributed by atoms with Crippen LogP contribution in [-0.4, -0.2) is 21.7 Å². The summed E-state index contributed by atoms with van der Waals surface area (Å²) >= 11 is 1.59. The molecule has 116 valence electrons. The van der Waals surface area contributed by atoms with Gasteiger partial charge in [-0.2, -0.15) is 5.10 Å². The maximum atomic E-state index is 12.0. The molecule has 1 atom stereocenters. The molecule has 0 aliphatic heterocycles. The van der Waals surface area contributed by atoms with Crippen molar-refractivity contribution in [3.63, 3.8) is 0 Å². The van der Waals surface area contributed by atoms with Gasteiger partial charge < -0.3 is 5.32 Å². The normalized spacial score (nSPS) is 15.5. The molecule has 0 saturated heterocycles. The zero-order valence-electron chi connectivity index (χ0n) is 12.5. The van der Waals surface area contributed by atoms with Crippen molar-refractivity contribution in [1.29, 1.82) is 0 Å². The van der Waals surface area contributed by atoms with Gasteiger partial charge in [0.1, 0.15) is 5.69 Å². The third kappa shape index (κ3) is 3.44. The van der Waals surface area contributed by atoms with Crippen molar-refractivity contribution in [1.82, 2.24) is 15.1 Å². The summed E-state index contributed by atoms with van der Waals surface area (Å²) in [5.41, 5.74) is 0.650. The van der Waals surface area contributed by atoms with E-state index in [0.717, 1.165) is 29.8 Å². The Hall–Kier alpha value is -1.95. The van der Waals surface area contributed by atoms with Gasteiger partial charge in [0, 0.05) is 18.0 Å². The van der Waals surface area contributed by atoms with Crippen LogP contribution in [0.3, 0.4) is 0 Å². The van der Waals surface area contributed by atoms with Gasteiger partial charge in [0.15, 0.2) is 0 Å². The fourth-order valence-corrected chi connectivity index (χ4v) is 2.98. The monoisotopic (exact) mass is 317 g/mol. The molecule has 3 rings (SSSR count). The molecule has 1 fully saturated rings. The van der Waals surface area contributed by atoms with Gasteiger partial charge >= 0.3 is 0 Å². The molecule has 6 heteroatoms. The van der Waals surface area contributed by atoms with E-state index in [1.165, 1.54) is 10.7 Å². The molecule has 5 nitrogen and oxygen atoms in total. The van der Waals surface area contributed by atoms with E-state index < -0.39 is 0 Å². The Morgan fingerprint density at radius 2 is 2.27 bits per heavy atom. The SMILES string of the molecule is CC[C@@H](Cn1nc(-c2cccs2)ccc1=O)NC(=O)C1CC1. The number of aromatic nitrogens is 2. The lowest BCUT2D eigenvalue weighted by Gasteiger charge is -2.17. The van der Waals surface area contributed by atoms with Gasteiger partial charge in [0.25, 0.3) is 5.56 Å². The van der Waals surface area contributed by atoms with Crippen molar-refractivity contribution < 1.29 is 4.79 Å². The van der Waals surface area contributed by atoms with Crippen LogP contribution in [-0.2, 0) is 11.3 Å². The van der Waals surface area contributed by atoms with Gasteiger partial charge in [-0.3, -0.25) is 9.59 Å². The largest absolute Gasteiger partial charge is 0.351 e. The summed E-state index contributed by atoms with van der Waals surface area (Å²) in [4.78, 5) is 24.9. The highest BCUT2D eigenvalue weighted by atomic mass is 32.1. The van der Waals surface area contributed by atoms with Crippen molar-refractivity contribution in [2.45, 2.75) is 38.8 Å². The first-order valence-electron chi connectivity index (χ1n) is 7.59. The topological polar surface area (TPSA) is 64.0 Å². The molecule has 0 radical (unpaired) electrons. The van der Waals surface area contributed by atoms with E-state index in [1.54, 1.807) is 17.4 Å². The third-order valence-electron chi connectivity index (χ3n) is 3.82. The standard InChI is InChI=1S/C16H19N3O2S/c1-2-12(17-16(21)11-5-6-11)10-19-15(20)8-7-13(18-19)14-4-3-9-22-14/h3-4,7-9,11-12H,2,5-6,10H2,1H3,(H,17,21)/t12-/m0/s1. The van der Waals surface area contributed by atoms with Gasteiger partial charge in [0.05, 0.1) is 11.4 Å². The average molecular weight is 317 g/mol. The lowest BCUT2D eigenvalue weighted by molar-refractivity contribution is -0.123. The Kier molecular flexibility index (Phi) is 4.38. The Balaban J connectivity index is 1.76. The summed E-state index contributed by atoms with van der Waals surface area (Å²) in [5.74, 6) is 0.283. The number of amides is 1. The van der Waals surface area contributed by atoms with Crippen molar-refractivity contribution in [2.24, 2.45) is 5.92 Å². The molecular weight excluding hydrogens is 298 g/mol. The van der Waals surface area contributed by atoms with Gasteiger partial charge in [0.2, 0.25) is 5.91 Å². The molecule has 22 heavy (non-hydrogen) atoms. The minimum atomic E-state index is -0.139. The summed E-state index contributed by atoms with van der Waals surface area (Å²) in [7, 11) is 0. The second-order valence-electron chi connectivity index (χ2n) is 5.60. The summed E-state index contributed by atoms with van der Waals surface area (Å²) in [6.45, 7) is 2.42. The predicted molar refractivity (Wildman–Crippen MR) is 86.8 cm³/mol. The van der Waals surface area contributed by atoms with Crippen LogP contribution in [0.2, 0.25) is 0 Å². The van der Waals surface area contributed by atoms with E-state index in [-0.39, 0.29) is 23.4 Å². The highest BCUT2D eigenvalue weighted by molar-refractivity contribution is 7.13. The minimum Gasteiger partial charge on any atom is -0.351 e. The Morgan fingerprint density at radius 3 is 2.91 bits per heavy atom. The number of nitrogens with one attached hydrogen (secondary N) is 1. The van der Waals surface area contributed by atoms with E-state index in [0.29, 0.717) is 6.54 Å². The first-order valence-corrected chi connectivity index (χ1v) is 8.47. The molecule has 0 spiro atoms. The summed E-state index contributed by atoms with van der Waals surface area (Å²) in [6.07, 6.45) is 2.73. The highest BCUT2D eigenvalue weighted by Gasteiger charge is 2.30. The summed E-state index contributed by atoms with van der Waals surface area (Å²) in [6, 6.07) is 7.17. The molecule has 0 bridgehead atoms. The fraction of sp³-hybridized carbons (Fsp3) is 0.438. The Morgan fingerprint density at radius 1 is 1.45 bits per heavy atom. The fourth-order valence-electron chi connectivity index (χ4n) is 2.29. The quantitative estimate of drug-likeness (QED) is 0.889. The van der Waals surface area contributed by atoms with Crippen LogP contribution in [0, 0.1) is 5.92 Å². The number of hydrogen-bond donors (Lipinski definition) is 1. The van der Waals surface area contributed by atoms with Crippen LogP contribution >= 0.6 is 11.3 Å². The average Bonchev–Trinajstić information content (AvgIpc) is 3.24. The number of rotatable bonds is 6. The third-order valence-corrected chi connectivity index (χ3v) is 4.71. The zero-order chi connectivity index (χ0) is 15.5. The number of nitrogens with zero attached hydrogens (tertiary/aromatic N) is 2. The van der Waals surface area contributed by atoms with Gasteiger partial charge in [-0.05, 0) is 36.8 Å². The van der Waals surface area contributed by atoms with Crippen molar-refractivity contribution in [3.05, 3.63) is 40.0 Å². The molecule has 1 aliphatic rings. The maximum Gasteiger partial charge on any atom is 0.266 e. The molecule has 0 unspecified atom stereocenters. The van der Waals surface area contributed by atoms with E-state index in [2.05, 4.69) is 10.4 Å². The first kappa shape index (κ1) is 15.0. The number of hydrogen-bond acceptors (Lipinski definition) is 4. The van der Waals surface area contributed by atoms with Crippen LogP contribution in [0.5, 0.6) is 0 Å². The van der Waals surface area contributed by atoms with E-state index in [9.17, 15) is 9.59 Å². The van der Waals surface area contributed by atoms with Gasteiger partial charge in [-0.15, -0.1) is 11.3 Å². The highest BCUT2D eigenvalue weighted by Crippen LogP contribution is 2.29. The molecule has 2 aromatic rings. The van der Waals surface area contributed by atoms with Gasteiger partial charge in [-0.1, -0.05) is 13.0 Å². The first-order chi connectivity index (χ1) is 10.7. The minimum absolute atomic E-state index is 0.0584. The van der Waals surface area contributed by atoms with Crippen molar-refractivity contribution in [3.8, 4) is 10.6 Å². The lowest BCUT2D eigenvalue weighted by atomic mass is 10.2. The molecule has 2 heterocycles.